The van der Waals surface area contributed by atoms with Crippen LogP contribution in [0.1, 0.15) is 0 Å². The number of aromatic nitrogens is 2. The van der Waals surface area contributed by atoms with Crippen molar-refractivity contribution < 1.29 is 4.85 Å². The number of nitrogens with zero attached hydrogens (tertiary/aromatic N) is 2. The van der Waals surface area contributed by atoms with Crippen molar-refractivity contribution in [2.45, 2.75) is 5.03 Å². The zero-order valence-corrected chi connectivity index (χ0v) is 6.82. The molecule has 0 saturated heterocycles. The van der Waals surface area contributed by atoms with Crippen LogP contribution in [0.25, 0.3) is 0 Å². The van der Waals surface area contributed by atoms with Crippen molar-refractivity contribution in [2.75, 3.05) is 6.26 Å². The lowest BCUT2D eigenvalue weighted by atomic mass is 10.6. The summed E-state index contributed by atoms with van der Waals surface area (Å²) in [6, 6.07) is 3.22. The molecule has 0 bridgehead atoms. The number of rotatable bonds is 1. The standard InChI is InChI=1S/C5H5ClN2OS/c1-10-5-3-2-4(6)7-8(5)9/h2-3H,1H3. The van der Waals surface area contributed by atoms with Crippen molar-refractivity contribution >= 4 is 23.4 Å². The smallest absolute Gasteiger partial charge is 0.278 e. The summed E-state index contributed by atoms with van der Waals surface area (Å²) < 4.78 is 0. The van der Waals surface area contributed by atoms with E-state index in [1.54, 1.807) is 18.4 Å². The van der Waals surface area contributed by atoms with Crippen LogP contribution >= 0.6 is 23.4 Å². The van der Waals surface area contributed by atoms with Crippen molar-refractivity contribution in [3.63, 3.8) is 0 Å². The molecule has 0 saturated carbocycles. The maximum atomic E-state index is 10.8. The Bertz CT molecular complexity index is 243. The molecule has 0 fully saturated rings. The van der Waals surface area contributed by atoms with E-state index in [1.807, 2.05) is 0 Å². The second-order valence-electron chi connectivity index (χ2n) is 1.57. The van der Waals surface area contributed by atoms with Crippen molar-refractivity contribution in [1.82, 2.24) is 5.10 Å². The summed E-state index contributed by atoms with van der Waals surface area (Å²) in [6.45, 7) is 0. The first-order chi connectivity index (χ1) is 4.74. The van der Waals surface area contributed by atoms with E-state index in [0.29, 0.717) is 9.87 Å². The van der Waals surface area contributed by atoms with Crippen LogP contribution in [0, 0.1) is 5.21 Å². The van der Waals surface area contributed by atoms with E-state index in [9.17, 15) is 5.21 Å². The minimum atomic E-state index is 0.216. The van der Waals surface area contributed by atoms with Gasteiger partial charge < -0.3 is 5.21 Å². The van der Waals surface area contributed by atoms with Gasteiger partial charge in [0.05, 0.1) is 0 Å². The van der Waals surface area contributed by atoms with Crippen molar-refractivity contribution in [2.24, 2.45) is 0 Å². The van der Waals surface area contributed by atoms with Crippen molar-refractivity contribution in [3.05, 3.63) is 22.5 Å². The van der Waals surface area contributed by atoms with E-state index in [2.05, 4.69) is 5.10 Å². The Labute approximate surface area is 67.6 Å². The van der Waals surface area contributed by atoms with Crippen LogP contribution in [0.5, 0.6) is 0 Å². The maximum absolute atomic E-state index is 10.8. The first kappa shape index (κ1) is 7.63. The Morgan fingerprint density at radius 2 is 2.40 bits per heavy atom. The molecule has 5 heteroatoms. The maximum Gasteiger partial charge on any atom is 0.278 e. The van der Waals surface area contributed by atoms with Gasteiger partial charge >= 0.3 is 0 Å². The van der Waals surface area contributed by atoms with Crippen molar-refractivity contribution in [1.29, 1.82) is 0 Å². The molecule has 0 radical (unpaired) electrons. The van der Waals surface area contributed by atoms with Gasteiger partial charge in [-0.15, -0.1) is 0 Å². The third kappa shape index (κ3) is 1.52. The molecule has 0 spiro atoms. The molecule has 0 aliphatic heterocycles. The summed E-state index contributed by atoms with van der Waals surface area (Å²) in [4.78, 5) is 0.507. The molecule has 0 aromatic carbocycles. The molecule has 0 aliphatic carbocycles. The first-order valence-corrected chi connectivity index (χ1v) is 4.14. The summed E-state index contributed by atoms with van der Waals surface area (Å²) in [5.41, 5.74) is 0. The number of halogens is 1. The highest BCUT2D eigenvalue weighted by atomic mass is 35.5. The number of hydrogen-bond donors (Lipinski definition) is 0. The third-order valence-electron chi connectivity index (χ3n) is 0.947. The van der Waals surface area contributed by atoms with Crippen LogP contribution in [-0.2, 0) is 0 Å². The molecule has 1 aromatic heterocycles. The summed E-state index contributed by atoms with van der Waals surface area (Å²) in [6.07, 6.45) is 1.80. The highest BCUT2D eigenvalue weighted by Crippen LogP contribution is 2.09. The normalized spacial score (nSPS) is 9.80. The van der Waals surface area contributed by atoms with Gasteiger partial charge in [0.1, 0.15) is 0 Å². The van der Waals surface area contributed by atoms with Gasteiger partial charge in [0.2, 0.25) is 0 Å². The quantitative estimate of drug-likeness (QED) is 0.365. The zero-order valence-electron chi connectivity index (χ0n) is 5.24. The van der Waals surface area contributed by atoms with E-state index < -0.39 is 0 Å². The van der Waals surface area contributed by atoms with Crippen LogP contribution in [0.4, 0.5) is 0 Å². The van der Waals surface area contributed by atoms with Gasteiger partial charge in [-0.3, -0.25) is 0 Å². The molecule has 1 aromatic rings. The molecule has 0 aliphatic rings. The Morgan fingerprint density at radius 3 is 2.90 bits per heavy atom. The van der Waals surface area contributed by atoms with Crippen LogP contribution < -0.4 is 4.85 Å². The van der Waals surface area contributed by atoms with Crippen molar-refractivity contribution in [3.8, 4) is 0 Å². The van der Waals surface area contributed by atoms with Crippen LogP contribution in [-0.4, -0.2) is 11.4 Å². The summed E-state index contributed by atoms with van der Waals surface area (Å²) in [7, 11) is 0. The van der Waals surface area contributed by atoms with E-state index in [-0.39, 0.29) is 5.15 Å². The predicted octanol–water partition coefficient (Wildman–Crippen LogP) is 1.09. The second-order valence-corrected chi connectivity index (χ2v) is 2.79. The van der Waals surface area contributed by atoms with E-state index in [0.717, 1.165) is 0 Å². The van der Waals surface area contributed by atoms with E-state index in [1.165, 1.54) is 11.8 Å². The second kappa shape index (κ2) is 3.07. The lowest BCUT2D eigenvalue weighted by molar-refractivity contribution is -0.706. The topological polar surface area (TPSA) is 39.8 Å². The lowest BCUT2D eigenvalue weighted by Crippen LogP contribution is -2.33. The summed E-state index contributed by atoms with van der Waals surface area (Å²) in [5.74, 6) is 0. The van der Waals surface area contributed by atoms with Gasteiger partial charge in [-0.1, -0.05) is 23.4 Å². The average molecular weight is 177 g/mol. The van der Waals surface area contributed by atoms with E-state index in [4.69, 9.17) is 11.6 Å². The fraction of sp³-hybridized carbons (Fsp3) is 0.200. The minimum absolute atomic E-state index is 0.216. The van der Waals surface area contributed by atoms with Gasteiger partial charge in [-0.05, 0) is 17.2 Å². The van der Waals surface area contributed by atoms with Gasteiger partial charge in [-0.25, -0.2) is 0 Å². The molecule has 10 heavy (non-hydrogen) atoms. The van der Waals surface area contributed by atoms with Crippen LogP contribution in [0.3, 0.4) is 0 Å². The molecule has 0 amide bonds. The predicted molar refractivity (Wildman–Crippen MR) is 40.0 cm³/mol. The molecule has 1 heterocycles. The Kier molecular flexibility index (Phi) is 2.34. The molecule has 0 N–H and O–H groups in total. The lowest BCUT2D eigenvalue weighted by Gasteiger charge is -1.96. The van der Waals surface area contributed by atoms with Crippen LogP contribution in [0.15, 0.2) is 17.2 Å². The van der Waals surface area contributed by atoms with Gasteiger partial charge in [0.15, 0.2) is 5.15 Å². The summed E-state index contributed by atoms with van der Waals surface area (Å²) in [5, 5.41) is 15.0. The number of thioether (sulfide) groups is 1. The number of hydrogen-bond acceptors (Lipinski definition) is 3. The Hall–Kier alpha value is -0.480. The van der Waals surface area contributed by atoms with Gasteiger partial charge in [-0.2, -0.15) is 0 Å². The Morgan fingerprint density at radius 1 is 1.70 bits per heavy atom. The fourth-order valence-electron chi connectivity index (χ4n) is 0.519. The molecule has 1 rings (SSSR count). The van der Waals surface area contributed by atoms with Gasteiger partial charge in [0.25, 0.3) is 5.03 Å². The molecule has 0 atom stereocenters. The highest BCUT2D eigenvalue weighted by Gasteiger charge is 2.03. The molecular formula is C5H5ClN2OS. The largest absolute Gasteiger partial charge is 0.593 e. The SMILES string of the molecule is CSc1ccc(Cl)n[n+]1[O-]. The van der Waals surface area contributed by atoms with Gasteiger partial charge in [0, 0.05) is 11.2 Å². The minimum Gasteiger partial charge on any atom is -0.593 e. The fourth-order valence-corrected chi connectivity index (χ4v) is 1.05. The van der Waals surface area contributed by atoms with E-state index >= 15 is 0 Å². The summed E-state index contributed by atoms with van der Waals surface area (Å²) >= 11 is 6.77. The monoisotopic (exact) mass is 176 g/mol. The van der Waals surface area contributed by atoms with Crippen LogP contribution in [0.2, 0.25) is 5.15 Å². The Balaban J connectivity index is 3.07. The molecular weight excluding hydrogens is 172 g/mol. The third-order valence-corrected chi connectivity index (χ3v) is 1.86. The average Bonchev–Trinajstić information content (AvgIpc) is 1.88. The molecule has 54 valence electrons. The molecule has 0 unspecified atom stereocenters. The highest BCUT2D eigenvalue weighted by molar-refractivity contribution is 7.98. The zero-order chi connectivity index (χ0) is 7.56. The molecule has 3 nitrogen and oxygen atoms in total. The first-order valence-electron chi connectivity index (χ1n) is 2.54.